The Morgan fingerprint density at radius 2 is 1.89 bits per heavy atom. The van der Waals surface area contributed by atoms with E-state index in [1.54, 1.807) is 27.7 Å². The maximum atomic E-state index is 12.0. The molecule has 0 spiro atoms. The molecule has 0 aliphatic carbocycles. The summed E-state index contributed by atoms with van der Waals surface area (Å²) in [6.45, 7) is 10.1. The lowest BCUT2D eigenvalue weighted by atomic mass is 10.1. The van der Waals surface area contributed by atoms with Gasteiger partial charge in [-0.1, -0.05) is 6.92 Å². The standard InChI is InChI=1S/C13H25NO5/c1-6-18-8-7-14(9-10(2)11(15)16)12(17)19-13(3,4)5/h10H,6-9H2,1-5H3,(H,15,16). The molecule has 0 saturated carbocycles. The molecule has 0 saturated heterocycles. The average Bonchev–Trinajstić information content (AvgIpc) is 2.25. The Morgan fingerprint density at radius 1 is 1.32 bits per heavy atom. The van der Waals surface area contributed by atoms with Crippen LogP contribution in [0.5, 0.6) is 0 Å². The molecule has 19 heavy (non-hydrogen) atoms. The van der Waals surface area contributed by atoms with Crippen molar-refractivity contribution in [2.45, 2.75) is 40.2 Å². The van der Waals surface area contributed by atoms with Crippen molar-refractivity contribution in [1.29, 1.82) is 0 Å². The maximum absolute atomic E-state index is 12.0. The third kappa shape index (κ3) is 8.42. The smallest absolute Gasteiger partial charge is 0.410 e. The molecule has 1 amide bonds. The molecular formula is C13H25NO5. The Bertz CT molecular complexity index is 298. The van der Waals surface area contributed by atoms with Crippen molar-refractivity contribution in [1.82, 2.24) is 4.90 Å². The summed E-state index contributed by atoms with van der Waals surface area (Å²) in [6, 6.07) is 0. The summed E-state index contributed by atoms with van der Waals surface area (Å²) in [5, 5.41) is 8.91. The van der Waals surface area contributed by atoms with Gasteiger partial charge >= 0.3 is 12.1 Å². The number of nitrogens with zero attached hydrogens (tertiary/aromatic N) is 1. The number of rotatable bonds is 7. The van der Waals surface area contributed by atoms with E-state index in [-0.39, 0.29) is 6.54 Å². The van der Waals surface area contributed by atoms with Gasteiger partial charge in [0.05, 0.1) is 12.5 Å². The second-order valence-corrected chi connectivity index (χ2v) is 5.36. The molecule has 0 aliphatic heterocycles. The number of ether oxygens (including phenoxy) is 2. The van der Waals surface area contributed by atoms with Crippen LogP contribution in [-0.2, 0) is 14.3 Å². The lowest BCUT2D eigenvalue weighted by molar-refractivity contribution is -0.141. The highest BCUT2D eigenvalue weighted by molar-refractivity contribution is 5.72. The monoisotopic (exact) mass is 275 g/mol. The van der Waals surface area contributed by atoms with Crippen molar-refractivity contribution >= 4 is 12.1 Å². The zero-order valence-corrected chi connectivity index (χ0v) is 12.4. The minimum absolute atomic E-state index is 0.108. The first kappa shape index (κ1) is 17.7. The van der Waals surface area contributed by atoms with E-state index in [1.165, 1.54) is 4.90 Å². The lowest BCUT2D eigenvalue weighted by Crippen LogP contribution is -2.42. The molecule has 0 rings (SSSR count). The molecule has 1 N–H and O–H groups in total. The average molecular weight is 275 g/mol. The molecule has 0 fully saturated rings. The molecule has 0 aliphatic rings. The van der Waals surface area contributed by atoms with Crippen LogP contribution in [0.1, 0.15) is 34.6 Å². The van der Waals surface area contributed by atoms with Gasteiger partial charge in [-0.3, -0.25) is 4.79 Å². The van der Waals surface area contributed by atoms with E-state index >= 15 is 0 Å². The van der Waals surface area contributed by atoms with Crippen LogP contribution in [0, 0.1) is 5.92 Å². The molecule has 0 radical (unpaired) electrons. The number of carbonyl (C=O) groups is 2. The highest BCUT2D eigenvalue weighted by Crippen LogP contribution is 2.11. The van der Waals surface area contributed by atoms with Crippen molar-refractivity contribution in [2.24, 2.45) is 5.92 Å². The minimum Gasteiger partial charge on any atom is -0.481 e. The summed E-state index contributed by atoms with van der Waals surface area (Å²) in [7, 11) is 0. The van der Waals surface area contributed by atoms with Crippen LogP contribution in [0.3, 0.4) is 0 Å². The van der Waals surface area contributed by atoms with Gasteiger partial charge in [0.25, 0.3) is 0 Å². The van der Waals surface area contributed by atoms with Crippen molar-refractivity contribution in [3.63, 3.8) is 0 Å². The van der Waals surface area contributed by atoms with Crippen molar-refractivity contribution in [3.05, 3.63) is 0 Å². The summed E-state index contributed by atoms with van der Waals surface area (Å²) in [6.07, 6.45) is -0.514. The number of carboxylic acid groups (broad SMARTS) is 1. The Labute approximate surface area is 114 Å². The normalized spacial score (nSPS) is 12.9. The first-order valence-electron chi connectivity index (χ1n) is 6.45. The van der Waals surface area contributed by atoms with Gasteiger partial charge in [-0.15, -0.1) is 0 Å². The predicted molar refractivity (Wildman–Crippen MR) is 71.1 cm³/mol. The van der Waals surface area contributed by atoms with Crippen molar-refractivity contribution in [3.8, 4) is 0 Å². The van der Waals surface area contributed by atoms with Crippen LogP contribution in [0.15, 0.2) is 0 Å². The van der Waals surface area contributed by atoms with Crippen LogP contribution in [0.25, 0.3) is 0 Å². The first-order chi connectivity index (χ1) is 8.67. The van der Waals surface area contributed by atoms with E-state index in [2.05, 4.69) is 0 Å². The molecule has 1 atom stereocenters. The SMILES string of the molecule is CCOCCN(CC(C)C(=O)O)C(=O)OC(C)(C)C. The lowest BCUT2D eigenvalue weighted by Gasteiger charge is -2.28. The van der Waals surface area contributed by atoms with Gasteiger partial charge in [-0.25, -0.2) is 4.79 Å². The second kappa shape index (κ2) is 7.99. The number of carboxylic acids is 1. The first-order valence-corrected chi connectivity index (χ1v) is 6.45. The van der Waals surface area contributed by atoms with Crippen LogP contribution >= 0.6 is 0 Å². The van der Waals surface area contributed by atoms with E-state index in [9.17, 15) is 9.59 Å². The highest BCUT2D eigenvalue weighted by atomic mass is 16.6. The van der Waals surface area contributed by atoms with Crippen LogP contribution < -0.4 is 0 Å². The number of carbonyl (C=O) groups excluding carboxylic acids is 1. The van der Waals surface area contributed by atoms with Crippen molar-refractivity contribution in [2.75, 3.05) is 26.3 Å². The zero-order chi connectivity index (χ0) is 15.1. The van der Waals surface area contributed by atoms with Crippen LogP contribution in [0.2, 0.25) is 0 Å². The maximum Gasteiger partial charge on any atom is 0.410 e. The summed E-state index contributed by atoms with van der Waals surface area (Å²) in [5.74, 6) is -1.58. The Kier molecular flexibility index (Phi) is 7.44. The van der Waals surface area contributed by atoms with Crippen molar-refractivity contribution < 1.29 is 24.2 Å². The molecule has 0 bridgehead atoms. The molecule has 0 aromatic rings. The summed E-state index contributed by atoms with van der Waals surface area (Å²) in [4.78, 5) is 24.2. The molecule has 0 aromatic carbocycles. The minimum atomic E-state index is -0.940. The van der Waals surface area contributed by atoms with Gasteiger partial charge in [0.15, 0.2) is 0 Å². The summed E-state index contributed by atoms with van der Waals surface area (Å²) in [5.41, 5.74) is -0.604. The topological polar surface area (TPSA) is 76.1 Å². The Morgan fingerprint density at radius 3 is 2.32 bits per heavy atom. The summed E-state index contributed by atoms with van der Waals surface area (Å²) >= 11 is 0. The quantitative estimate of drug-likeness (QED) is 0.719. The molecular weight excluding hydrogens is 250 g/mol. The van der Waals surface area contributed by atoms with Gasteiger partial charge in [-0.2, -0.15) is 0 Å². The van der Waals surface area contributed by atoms with E-state index < -0.39 is 23.6 Å². The molecule has 0 heterocycles. The third-order valence-corrected chi connectivity index (χ3v) is 2.28. The third-order valence-electron chi connectivity index (χ3n) is 2.28. The number of hydrogen-bond acceptors (Lipinski definition) is 4. The number of hydrogen-bond donors (Lipinski definition) is 1. The number of amides is 1. The van der Waals surface area contributed by atoms with Crippen LogP contribution in [-0.4, -0.2) is 54.0 Å². The Balaban J connectivity index is 4.56. The van der Waals surface area contributed by atoms with Gasteiger partial charge in [0.2, 0.25) is 0 Å². The van der Waals surface area contributed by atoms with E-state index in [4.69, 9.17) is 14.6 Å². The predicted octanol–water partition coefficient (Wildman–Crippen LogP) is 1.98. The fourth-order valence-corrected chi connectivity index (χ4v) is 1.31. The van der Waals surface area contributed by atoms with Gasteiger partial charge in [-0.05, 0) is 27.7 Å². The van der Waals surface area contributed by atoms with Crippen LogP contribution in [0.4, 0.5) is 4.79 Å². The zero-order valence-electron chi connectivity index (χ0n) is 12.4. The van der Waals surface area contributed by atoms with Gasteiger partial charge in [0, 0.05) is 19.7 Å². The Hall–Kier alpha value is -1.30. The molecule has 6 nitrogen and oxygen atoms in total. The number of aliphatic carboxylic acids is 1. The molecule has 6 heteroatoms. The summed E-state index contributed by atoms with van der Waals surface area (Å²) < 4.78 is 10.4. The van der Waals surface area contributed by atoms with E-state index in [0.717, 1.165) is 0 Å². The molecule has 1 unspecified atom stereocenters. The second-order valence-electron chi connectivity index (χ2n) is 5.36. The van der Waals surface area contributed by atoms with E-state index in [1.807, 2.05) is 6.92 Å². The van der Waals surface area contributed by atoms with E-state index in [0.29, 0.717) is 19.8 Å². The fourth-order valence-electron chi connectivity index (χ4n) is 1.31. The van der Waals surface area contributed by atoms with Gasteiger partial charge < -0.3 is 19.5 Å². The highest BCUT2D eigenvalue weighted by Gasteiger charge is 2.25. The fraction of sp³-hybridized carbons (Fsp3) is 0.846. The van der Waals surface area contributed by atoms with Gasteiger partial charge in [0.1, 0.15) is 5.60 Å². The largest absolute Gasteiger partial charge is 0.481 e. The molecule has 0 aromatic heterocycles. The molecule has 112 valence electrons.